The van der Waals surface area contributed by atoms with E-state index in [4.69, 9.17) is 4.42 Å². The molecular weight excluding hydrogens is 332 g/mol. The lowest BCUT2D eigenvalue weighted by molar-refractivity contribution is -0.661. The number of furan rings is 1. The normalized spacial score (nSPS) is 11.9. The molecule has 6 aromatic rings. The molecule has 6 rings (SSSR count). The van der Waals surface area contributed by atoms with Crippen molar-refractivity contribution in [3.8, 4) is 0 Å². The Hall–Kier alpha value is -3.59. The first-order valence-electron chi connectivity index (χ1n) is 9.16. The Morgan fingerprint density at radius 3 is 2.41 bits per heavy atom. The number of aromatic nitrogens is 2. The highest BCUT2D eigenvalue weighted by Gasteiger charge is 2.23. The highest BCUT2D eigenvalue weighted by molar-refractivity contribution is 6.19. The third-order valence-electron chi connectivity index (χ3n) is 5.32. The lowest BCUT2D eigenvalue weighted by atomic mass is 10.1. The molecule has 0 radical (unpaired) electrons. The van der Waals surface area contributed by atoms with Crippen molar-refractivity contribution in [1.29, 1.82) is 0 Å². The lowest BCUT2D eigenvalue weighted by Gasteiger charge is -2.02. The third-order valence-corrected chi connectivity index (χ3v) is 5.32. The van der Waals surface area contributed by atoms with Gasteiger partial charge in [0, 0.05) is 5.39 Å². The highest BCUT2D eigenvalue weighted by Crippen LogP contribution is 2.36. The van der Waals surface area contributed by atoms with Crippen LogP contribution in [0, 0.1) is 0 Å². The highest BCUT2D eigenvalue weighted by atomic mass is 16.3. The zero-order valence-corrected chi connectivity index (χ0v) is 14.7. The molecule has 0 saturated carbocycles. The van der Waals surface area contributed by atoms with Crippen LogP contribution in [0.1, 0.15) is 5.56 Å². The topological polar surface area (TPSA) is 21.4 Å². The predicted octanol–water partition coefficient (Wildman–Crippen LogP) is 5.33. The van der Waals surface area contributed by atoms with Gasteiger partial charge in [0.25, 0.3) is 5.65 Å². The molecule has 0 atom stereocenters. The zero-order valence-electron chi connectivity index (χ0n) is 14.7. The van der Waals surface area contributed by atoms with Gasteiger partial charge in [0.2, 0.25) is 0 Å². The SMILES string of the molecule is c1ccc(C[n+]2ccn3c4ccccc4c4oc5ccccc5c4c32)cc1. The fourth-order valence-electron chi connectivity index (χ4n) is 4.13. The summed E-state index contributed by atoms with van der Waals surface area (Å²) < 4.78 is 10.9. The van der Waals surface area contributed by atoms with E-state index in [9.17, 15) is 0 Å². The Bertz CT molecular complexity index is 1440. The lowest BCUT2D eigenvalue weighted by Crippen LogP contribution is -2.33. The summed E-state index contributed by atoms with van der Waals surface area (Å²) in [7, 11) is 0. The Balaban J connectivity index is 1.80. The van der Waals surface area contributed by atoms with Crippen molar-refractivity contribution in [3.63, 3.8) is 0 Å². The molecule has 0 fully saturated rings. The van der Waals surface area contributed by atoms with Gasteiger partial charge in [-0.25, -0.2) is 4.57 Å². The number of benzene rings is 3. The molecule has 3 aromatic carbocycles. The monoisotopic (exact) mass is 349 g/mol. The zero-order chi connectivity index (χ0) is 17.8. The maximum Gasteiger partial charge on any atom is 0.298 e. The summed E-state index contributed by atoms with van der Waals surface area (Å²) in [5.41, 5.74) is 5.49. The van der Waals surface area contributed by atoms with Crippen molar-refractivity contribution in [2.45, 2.75) is 6.54 Å². The van der Waals surface area contributed by atoms with E-state index in [1.165, 1.54) is 10.9 Å². The van der Waals surface area contributed by atoms with E-state index in [0.717, 1.165) is 39.6 Å². The quantitative estimate of drug-likeness (QED) is 0.387. The summed E-state index contributed by atoms with van der Waals surface area (Å²) in [4.78, 5) is 0. The summed E-state index contributed by atoms with van der Waals surface area (Å²) in [6, 6.07) is 27.3. The van der Waals surface area contributed by atoms with E-state index in [2.05, 4.69) is 88.1 Å². The van der Waals surface area contributed by atoms with E-state index in [1.54, 1.807) is 0 Å². The van der Waals surface area contributed by atoms with Gasteiger partial charge in [-0.3, -0.25) is 0 Å². The average Bonchev–Trinajstić information content (AvgIpc) is 3.31. The van der Waals surface area contributed by atoms with Gasteiger partial charge < -0.3 is 4.42 Å². The standard InChI is InChI=1S/C24H17N2O/c1-2-8-17(9-3-1)16-25-14-15-26-20-12-6-4-10-18(20)23-22(24(25)26)19-11-5-7-13-21(19)27-23/h1-15H,16H2/q+1. The summed E-state index contributed by atoms with van der Waals surface area (Å²) in [5.74, 6) is 0. The average molecular weight is 349 g/mol. The van der Waals surface area contributed by atoms with Gasteiger partial charge in [-0.05, 0) is 23.8 Å². The van der Waals surface area contributed by atoms with Crippen molar-refractivity contribution < 1.29 is 8.98 Å². The molecule has 0 saturated heterocycles. The molecule has 0 spiro atoms. The molecule has 0 unspecified atom stereocenters. The second kappa shape index (κ2) is 5.45. The first kappa shape index (κ1) is 14.6. The fourth-order valence-corrected chi connectivity index (χ4v) is 4.13. The number of fused-ring (bicyclic) bond motifs is 8. The van der Waals surface area contributed by atoms with Crippen molar-refractivity contribution in [3.05, 3.63) is 96.8 Å². The Labute approximate surface area is 155 Å². The van der Waals surface area contributed by atoms with Gasteiger partial charge in [-0.15, -0.1) is 0 Å². The molecule has 0 N–H and O–H groups in total. The number of rotatable bonds is 2. The van der Waals surface area contributed by atoms with Crippen molar-refractivity contribution in [1.82, 2.24) is 4.40 Å². The maximum atomic E-state index is 6.32. The Morgan fingerprint density at radius 1 is 0.778 bits per heavy atom. The van der Waals surface area contributed by atoms with E-state index < -0.39 is 0 Å². The number of imidazole rings is 1. The van der Waals surface area contributed by atoms with Crippen molar-refractivity contribution in [2.75, 3.05) is 0 Å². The molecule has 0 bridgehead atoms. The minimum atomic E-state index is 0.824. The first-order chi connectivity index (χ1) is 13.4. The van der Waals surface area contributed by atoms with Crippen LogP contribution < -0.4 is 4.57 Å². The Kier molecular flexibility index (Phi) is 2.94. The van der Waals surface area contributed by atoms with Gasteiger partial charge >= 0.3 is 0 Å². The second-order valence-corrected chi connectivity index (χ2v) is 6.92. The van der Waals surface area contributed by atoms with Crippen LogP contribution in [0.5, 0.6) is 0 Å². The molecule has 0 aliphatic rings. The van der Waals surface area contributed by atoms with Crippen molar-refractivity contribution in [2.24, 2.45) is 0 Å². The molecule has 128 valence electrons. The molecule has 3 heteroatoms. The van der Waals surface area contributed by atoms with E-state index >= 15 is 0 Å². The Morgan fingerprint density at radius 2 is 1.52 bits per heavy atom. The summed E-state index contributed by atoms with van der Waals surface area (Å²) in [6.07, 6.45) is 4.32. The predicted molar refractivity (Wildman–Crippen MR) is 108 cm³/mol. The molecule has 0 aliphatic carbocycles. The molecule has 3 heterocycles. The van der Waals surface area contributed by atoms with Crippen LogP contribution in [-0.4, -0.2) is 4.40 Å². The molecule has 0 amide bonds. The first-order valence-corrected chi connectivity index (χ1v) is 9.16. The van der Waals surface area contributed by atoms with Crippen LogP contribution in [-0.2, 0) is 6.54 Å². The molecule has 3 aromatic heterocycles. The van der Waals surface area contributed by atoms with Gasteiger partial charge in [0.1, 0.15) is 35.4 Å². The van der Waals surface area contributed by atoms with E-state index in [-0.39, 0.29) is 0 Å². The van der Waals surface area contributed by atoms with E-state index in [1.807, 2.05) is 12.1 Å². The van der Waals surface area contributed by atoms with Crippen LogP contribution in [0.15, 0.2) is 95.7 Å². The minimum Gasteiger partial charge on any atom is -0.455 e. The van der Waals surface area contributed by atoms with Crippen LogP contribution in [0.25, 0.3) is 38.5 Å². The molecular formula is C24H17N2O+. The third kappa shape index (κ3) is 2.05. The van der Waals surface area contributed by atoms with Gasteiger partial charge in [-0.1, -0.05) is 60.7 Å². The summed E-state index contributed by atoms with van der Waals surface area (Å²) in [5, 5.41) is 3.47. The number of para-hydroxylation sites is 2. The van der Waals surface area contributed by atoms with Crippen molar-refractivity contribution >= 4 is 38.5 Å². The smallest absolute Gasteiger partial charge is 0.298 e. The molecule has 3 nitrogen and oxygen atoms in total. The van der Waals surface area contributed by atoms with E-state index in [0.29, 0.717) is 0 Å². The summed E-state index contributed by atoms with van der Waals surface area (Å²) >= 11 is 0. The maximum absolute atomic E-state index is 6.32. The molecule has 0 aliphatic heterocycles. The van der Waals surface area contributed by atoms with Crippen LogP contribution in [0.4, 0.5) is 0 Å². The fraction of sp³-hybridized carbons (Fsp3) is 0.0417. The second-order valence-electron chi connectivity index (χ2n) is 6.92. The largest absolute Gasteiger partial charge is 0.455 e. The van der Waals surface area contributed by atoms with Crippen LogP contribution >= 0.6 is 0 Å². The number of nitrogens with zero attached hydrogens (tertiary/aromatic N) is 2. The van der Waals surface area contributed by atoms with Gasteiger partial charge in [0.05, 0.1) is 5.39 Å². The summed E-state index contributed by atoms with van der Waals surface area (Å²) in [6.45, 7) is 0.824. The minimum absolute atomic E-state index is 0.824. The number of pyridine rings is 1. The van der Waals surface area contributed by atoms with Crippen LogP contribution in [0.2, 0.25) is 0 Å². The molecule has 27 heavy (non-hydrogen) atoms. The van der Waals surface area contributed by atoms with Gasteiger partial charge in [-0.2, -0.15) is 4.40 Å². The number of hydrogen-bond acceptors (Lipinski definition) is 1. The number of hydrogen-bond donors (Lipinski definition) is 0. The van der Waals surface area contributed by atoms with Crippen LogP contribution in [0.3, 0.4) is 0 Å². The van der Waals surface area contributed by atoms with Gasteiger partial charge in [0.15, 0.2) is 5.58 Å².